The summed E-state index contributed by atoms with van der Waals surface area (Å²) in [6, 6.07) is 1.48. The maximum Gasteiger partial charge on any atom is 0.414 e. The van der Waals surface area contributed by atoms with Gasteiger partial charge in [-0.15, -0.1) is 0 Å². The van der Waals surface area contributed by atoms with Crippen LogP contribution in [-0.2, 0) is 9.47 Å². The van der Waals surface area contributed by atoms with Gasteiger partial charge >= 0.3 is 12.2 Å². The second-order valence-electron chi connectivity index (χ2n) is 6.52. The number of amides is 2. The quantitative estimate of drug-likeness (QED) is 0.869. The predicted molar refractivity (Wildman–Crippen MR) is 81.7 cm³/mol. The summed E-state index contributed by atoms with van der Waals surface area (Å²) in [5, 5.41) is 4.84. The van der Waals surface area contributed by atoms with Gasteiger partial charge in [-0.05, 0) is 47.6 Å². The highest BCUT2D eigenvalue weighted by Gasteiger charge is 2.18. The first-order valence-electron chi connectivity index (χ1n) is 6.78. The maximum atomic E-state index is 11.6. The molecule has 0 unspecified atom stereocenters. The summed E-state index contributed by atoms with van der Waals surface area (Å²) < 4.78 is 10.2. The SMILES string of the molecule is CC(C)(C)OC(=O)Nc1ccnc(NC(=O)OC(C)(C)C)n1. The van der Waals surface area contributed by atoms with Crippen LogP contribution in [0, 0.1) is 0 Å². The van der Waals surface area contributed by atoms with E-state index >= 15 is 0 Å². The molecule has 1 rings (SSSR count). The molecule has 0 bridgehead atoms. The van der Waals surface area contributed by atoms with Gasteiger partial charge in [0.25, 0.3) is 0 Å². The second-order valence-corrected chi connectivity index (χ2v) is 6.52. The smallest absolute Gasteiger partial charge is 0.414 e. The van der Waals surface area contributed by atoms with Gasteiger partial charge in [0.2, 0.25) is 5.95 Å². The molecular formula is C14H22N4O4. The number of rotatable bonds is 2. The number of nitrogens with zero attached hydrogens (tertiary/aromatic N) is 2. The average Bonchev–Trinajstić information content (AvgIpc) is 2.22. The number of nitrogens with one attached hydrogen (secondary N) is 2. The van der Waals surface area contributed by atoms with E-state index in [1.54, 1.807) is 41.5 Å². The van der Waals surface area contributed by atoms with Crippen LogP contribution in [0.3, 0.4) is 0 Å². The first-order valence-corrected chi connectivity index (χ1v) is 6.78. The lowest BCUT2D eigenvalue weighted by Crippen LogP contribution is -2.28. The molecule has 8 heteroatoms. The van der Waals surface area contributed by atoms with Gasteiger partial charge in [-0.25, -0.2) is 14.6 Å². The summed E-state index contributed by atoms with van der Waals surface area (Å²) in [4.78, 5) is 31.1. The van der Waals surface area contributed by atoms with Gasteiger partial charge in [-0.1, -0.05) is 0 Å². The Morgan fingerprint density at radius 3 is 1.95 bits per heavy atom. The van der Waals surface area contributed by atoms with Crippen molar-refractivity contribution in [1.82, 2.24) is 9.97 Å². The van der Waals surface area contributed by atoms with Crippen LogP contribution in [0.25, 0.3) is 0 Å². The maximum absolute atomic E-state index is 11.6. The number of ether oxygens (including phenoxy) is 2. The minimum Gasteiger partial charge on any atom is -0.444 e. The average molecular weight is 310 g/mol. The van der Waals surface area contributed by atoms with Crippen LogP contribution in [0.2, 0.25) is 0 Å². The van der Waals surface area contributed by atoms with E-state index in [9.17, 15) is 9.59 Å². The summed E-state index contributed by atoms with van der Waals surface area (Å²) in [6.45, 7) is 10.5. The van der Waals surface area contributed by atoms with Crippen molar-refractivity contribution >= 4 is 24.0 Å². The fourth-order valence-corrected chi connectivity index (χ4v) is 1.29. The first-order chi connectivity index (χ1) is 9.94. The van der Waals surface area contributed by atoms with Crippen molar-refractivity contribution in [3.63, 3.8) is 0 Å². The van der Waals surface area contributed by atoms with Crippen LogP contribution in [0.1, 0.15) is 41.5 Å². The fraction of sp³-hybridized carbons (Fsp3) is 0.571. The van der Waals surface area contributed by atoms with Gasteiger partial charge in [0.15, 0.2) is 0 Å². The van der Waals surface area contributed by atoms with E-state index in [-0.39, 0.29) is 11.8 Å². The number of anilines is 2. The van der Waals surface area contributed by atoms with E-state index in [0.717, 1.165) is 0 Å². The third-order valence-electron chi connectivity index (χ3n) is 1.90. The van der Waals surface area contributed by atoms with E-state index in [4.69, 9.17) is 9.47 Å². The van der Waals surface area contributed by atoms with Crippen molar-refractivity contribution in [3.8, 4) is 0 Å². The number of carbonyl (C=O) groups excluding carboxylic acids is 2. The number of aromatic nitrogens is 2. The molecule has 2 N–H and O–H groups in total. The van der Waals surface area contributed by atoms with Crippen molar-refractivity contribution in [3.05, 3.63) is 12.3 Å². The van der Waals surface area contributed by atoms with Crippen LogP contribution >= 0.6 is 0 Å². The zero-order valence-corrected chi connectivity index (χ0v) is 13.7. The molecule has 0 radical (unpaired) electrons. The third kappa shape index (κ3) is 7.41. The van der Waals surface area contributed by atoms with Crippen LogP contribution in [-0.4, -0.2) is 33.4 Å². The highest BCUT2D eigenvalue weighted by molar-refractivity contribution is 5.85. The largest absolute Gasteiger partial charge is 0.444 e. The Balaban J connectivity index is 2.66. The molecule has 0 aromatic carbocycles. The van der Waals surface area contributed by atoms with E-state index in [1.165, 1.54) is 12.3 Å². The molecule has 0 fully saturated rings. The Labute approximate surface area is 129 Å². The van der Waals surface area contributed by atoms with Crippen molar-refractivity contribution in [2.45, 2.75) is 52.7 Å². The molecule has 2 amide bonds. The normalized spacial score (nSPS) is 11.5. The summed E-state index contributed by atoms with van der Waals surface area (Å²) in [5.41, 5.74) is -1.24. The molecular weight excluding hydrogens is 288 g/mol. The molecule has 22 heavy (non-hydrogen) atoms. The zero-order chi connectivity index (χ0) is 17.0. The van der Waals surface area contributed by atoms with E-state index in [0.29, 0.717) is 0 Å². The van der Waals surface area contributed by atoms with Crippen molar-refractivity contribution in [2.24, 2.45) is 0 Å². The van der Waals surface area contributed by atoms with Crippen LogP contribution in [0.4, 0.5) is 21.4 Å². The van der Waals surface area contributed by atoms with Gasteiger partial charge in [-0.2, -0.15) is 4.98 Å². The van der Waals surface area contributed by atoms with Crippen molar-refractivity contribution < 1.29 is 19.1 Å². The minimum atomic E-state index is -0.679. The lowest BCUT2D eigenvalue weighted by molar-refractivity contribution is 0.0625. The van der Waals surface area contributed by atoms with Gasteiger partial charge in [-0.3, -0.25) is 10.6 Å². The molecule has 0 spiro atoms. The van der Waals surface area contributed by atoms with Gasteiger partial charge in [0, 0.05) is 6.20 Å². The summed E-state index contributed by atoms with van der Waals surface area (Å²) in [7, 11) is 0. The number of hydrogen-bond acceptors (Lipinski definition) is 6. The van der Waals surface area contributed by atoms with E-state index < -0.39 is 23.4 Å². The molecule has 1 aromatic rings. The van der Waals surface area contributed by atoms with Gasteiger partial charge in [0.05, 0.1) is 0 Å². The van der Waals surface area contributed by atoms with Crippen molar-refractivity contribution in [1.29, 1.82) is 0 Å². The Morgan fingerprint density at radius 1 is 0.955 bits per heavy atom. The number of hydrogen-bond donors (Lipinski definition) is 2. The summed E-state index contributed by atoms with van der Waals surface area (Å²) in [5.74, 6) is 0.220. The van der Waals surface area contributed by atoms with E-state index in [2.05, 4.69) is 20.6 Å². The molecule has 0 aliphatic rings. The lowest BCUT2D eigenvalue weighted by atomic mass is 10.2. The Morgan fingerprint density at radius 2 is 1.45 bits per heavy atom. The van der Waals surface area contributed by atoms with Crippen LogP contribution in [0.15, 0.2) is 12.3 Å². The Kier molecular flexibility index (Phi) is 5.29. The zero-order valence-electron chi connectivity index (χ0n) is 13.7. The highest BCUT2D eigenvalue weighted by atomic mass is 16.6. The minimum absolute atomic E-state index is 0.0165. The van der Waals surface area contributed by atoms with Crippen molar-refractivity contribution in [2.75, 3.05) is 10.6 Å². The highest BCUT2D eigenvalue weighted by Crippen LogP contribution is 2.12. The second kappa shape index (κ2) is 6.59. The molecule has 0 aliphatic heterocycles. The van der Waals surface area contributed by atoms with Gasteiger partial charge < -0.3 is 9.47 Å². The first kappa shape index (κ1) is 17.7. The topological polar surface area (TPSA) is 102 Å². The van der Waals surface area contributed by atoms with E-state index in [1.807, 2.05) is 0 Å². The monoisotopic (exact) mass is 310 g/mol. The molecule has 1 heterocycles. The molecule has 122 valence electrons. The molecule has 0 aliphatic carbocycles. The fourth-order valence-electron chi connectivity index (χ4n) is 1.29. The summed E-state index contributed by atoms with van der Waals surface area (Å²) >= 11 is 0. The molecule has 8 nitrogen and oxygen atoms in total. The Hall–Kier alpha value is -2.38. The third-order valence-corrected chi connectivity index (χ3v) is 1.90. The molecule has 0 atom stereocenters. The number of carbonyl (C=O) groups is 2. The Bertz CT molecular complexity index is 501. The molecule has 0 saturated carbocycles. The molecule has 1 aromatic heterocycles. The van der Waals surface area contributed by atoms with Crippen LogP contribution < -0.4 is 10.6 Å². The molecule has 0 saturated heterocycles. The van der Waals surface area contributed by atoms with Crippen LogP contribution in [0.5, 0.6) is 0 Å². The standard InChI is InChI=1S/C14H22N4O4/c1-13(2,3)21-11(19)17-9-7-8-15-10(16-9)18-12(20)22-14(4,5)6/h7-8H,1-6H3,(H2,15,16,17,18,19,20). The predicted octanol–water partition coefficient (Wildman–Crippen LogP) is 3.17. The van der Waals surface area contributed by atoms with Gasteiger partial charge in [0.1, 0.15) is 17.0 Å². The summed E-state index contributed by atoms with van der Waals surface area (Å²) in [6.07, 6.45) is 0.0724. The lowest BCUT2D eigenvalue weighted by Gasteiger charge is -2.20.